The molecule has 3 nitrogen and oxygen atoms in total. The van der Waals surface area contributed by atoms with Gasteiger partial charge in [0.2, 0.25) is 0 Å². The first kappa shape index (κ1) is 13.9. The van der Waals surface area contributed by atoms with E-state index in [1.807, 2.05) is 12.1 Å². The molecule has 3 aromatic rings. The van der Waals surface area contributed by atoms with E-state index in [1.165, 1.54) is 22.0 Å². The Bertz CT molecular complexity index is 659. The summed E-state index contributed by atoms with van der Waals surface area (Å²) in [7, 11) is 0. The molecule has 1 aromatic heterocycles. The smallest absolute Gasteiger partial charge is 0.293 e. The number of H-pyrrole nitrogens is 1. The van der Waals surface area contributed by atoms with Gasteiger partial charge in [-0.05, 0) is 18.6 Å². The van der Waals surface area contributed by atoms with E-state index in [4.69, 9.17) is 0 Å². The van der Waals surface area contributed by atoms with Crippen molar-refractivity contribution in [2.45, 2.75) is 6.92 Å². The third-order valence-electron chi connectivity index (χ3n) is 2.91. The molecule has 102 valence electrons. The van der Waals surface area contributed by atoms with Crippen LogP contribution in [0.2, 0.25) is 0 Å². The molecule has 2 aromatic carbocycles. The Morgan fingerprint density at radius 3 is 2.40 bits per heavy atom. The van der Waals surface area contributed by atoms with Crippen molar-refractivity contribution in [1.29, 1.82) is 0 Å². The number of benzene rings is 2. The average molecular weight is 267 g/mol. The monoisotopic (exact) mass is 267 g/mol. The molecule has 0 saturated heterocycles. The lowest BCUT2D eigenvalue weighted by atomic mass is 10.1. The van der Waals surface area contributed by atoms with E-state index in [1.54, 1.807) is 6.92 Å². The minimum Gasteiger partial charge on any atom is -0.468 e. The molecule has 3 heteroatoms. The largest absolute Gasteiger partial charge is 0.468 e. The zero-order chi connectivity index (χ0) is 14.2. The second kappa shape index (κ2) is 7.14. The summed E-state index contributed by atoms with van der Waals surface area (Å²) < 4.78 is 4.15. The molecule has 1 N–H and O–H groups in total. The number of ether oxygens (including phenoxy) is 1. The van der Waals surface area contributed by atoms with Crippen molar-refractivity contribution in [2.24, 2.45) is 0 Å². The van der Waals surface area contributed by atoms with Gasteiger partial charge in [-0.3, -0.25) is 4.79 Å². The molecule has 20 heavy (non-hydrogen) atoms. The number of nitrogens with one attached hydrogen (secondary N) is 1. The van der Waals surface area contributed by atoms with Gasteiger partial charge in [-0.1, -0.05) is 48.5 Å². The molecular formula is C17H17NO2. The molecule has 0 aliphatic rings. The molecule has 0 aliphatic heterocycles. The fraction of sp³-hybridized carbons (Fsp3) is 0.118. The highest BCUT2D eigenvalue weighted by atomic mass is 16.5. The van der Waals surface area contributed by atoms with E-state index in [-0.39, 0.29) is 0 Å². The summed E-state index contributed by atoms with van der Waals surface area (Å²) in [5.74, 6) is 0. The SMILES string of the molecule is CCOC=O.c1ccc(-c2c[nH]c3ccccc23)cc1. The summed E-state index contributed by atoms with van der Waals surface area (Å²) in [5, 5.41) is 1.28. The lowest BCUT2D eigenvalue weighted by Crippen LogP contribution is -1.80. The molecule has 0 aliphatic carbocycles. The lowest BCUT2D eigenvalue weighted by molar-refractivity contribution is -0.128. The van der Waals surface area contributed by atoms with Gasteiger partial charge in [0.15, 0.2) is 0 Å². The number of carbonyl (C=O) groups is 1. The van der Waals surface area contributed by atoms with Crippen molar-refractivity contribution in [3.8, 4) is 11.1 Å². The molecule has 0 spiro atoms. The van der Waals surface area contributed by atoms with E-state index in [9.17, 15) is 4.79 Å². The molecule has 0 amide bonds. The van der Waals surface area contributed by atoms with Crippen LogP contribution < -0.4 is 0 Å². The van der Waals surface area contributed by atoms with Crippen molar-refractivity contribution >= 4 is 17.4 Å². The number of fused-ring (bicyclic) bond motifs is 1. The molecule has 0 atom stereocenters. The van der Waals surface area contributed by atoms with Crippen molar-refractivity contribution in [1.82, 2.24) is 4.98 Å². The third-order valence-corrected chi connectivity index (χ3v) is 2.91. The van der Waals surface area contributed by atoms with Gasteiger partial charge in [0.25, 0.3) is 6.47 Å². The first-order valence-electron chi connectivity index (χ1n) is 6.53. The van der Waals surface area contributed by atoms with Gasteiger partial charge >= 0.3 is 0 Å². The first-order valence-corrected chi connectivity index (χ1v) is 6.53. The fourth-order valence-corrected chi connectivity index (χ4v) is 2.00. The molecule has 0 fully saturated rings. The zero-order valence-electron chi connectivity index (χ0n) is 11.4. The summed E-state index contributed by atoms with van der Waals surface area (Å²) in [5.41, 5.74) is 3.72. The van der Waals surface area contributed by atoms with Gasteiger partial charge < -0.3 is 9.72 Å². The van der Waals surface area contributed by atoms with Gasteiger partial charge in [-0.15, -0.1) is 0 Å². The topological polar surface area (TPSA) is 42.1 Å². The van der Waals surface area contributed by atoms with Crippen LogP contribution in [0.25, 0.3) is 22.0 Å². The van der Waals surface area contributed by atoms with Crippen LogP contribution in [0.5, 0.6) is 0 Å². The second-order valence-electron chi connectivity index (χ2n) is 4.17. The summed E-state index contributed by atoms with van der Waals surface area (Å²) in [4.78, 5) is 12.5. The van der Waals surface area contributed by atoms with Crippen LogP contribution in [0.3, 0.4) is 0 Å². The van der Waals surface area contributed by atoms with Crippen molar-refractivity contribution in [2.75, 3.05) is 6.61 Å². The normalized spacial score (nSPS) is 9.65. The van der Waals surface area contributed by atoms with Crippen LogP contribution in [0, 0.1) is 0 Å². The van der Waals surface area contributed by atoms with Crippen LogP contribution in [-0.4, -0.2) is 18.1 Å². The predicted molar refractivity (Wildman–Crippen MR) is 81.4 cm³/mol. The predicted octanol–water partition coefficient (Wildman–Crippen LogP) is 4.01. The second-order valence-corrected chi connectivity index (χ2v) is 4.17. The zero-order valence-corrected chi connectivity index (χ0v) is 11.4. The number of aromatic amines is 1. The maximum absolute atomic E-state index is 9.18. The van der Waals surface area contributed by atoms with Crippen molar-refractivity contribution in [3.05, 3.63) is 60.8 Å². The summed E-state index contributed by atoms with van der Waals surface area (Å²) in [6.07, 6.45) is 2.07. The molecule has 0 unspecified atom stereocenters. The molecule has 0 saturated carbocycles. The maximum atomic E-state index is 9.18. The van der Waals surface area contributed by atoms with E-state index in [0.29, 0.717) is 13.1 Å². The molecule has 0 bridgehead atoms. The van der Waals surface area contributed by atoms with Gasteiger partial charge in [-0.25, -0.2) is 0 Å². The number of rotatable bonds is 3. The minimum atomic E-state index is 0.431. The number of aromatic nitrogens is 1. The summed E-state index contributed by atoms with van der Waals surface area (Å²) in [6.45, 7) is 2.66. The molecule has 3 rings (SSSR count). The van der Waals surface area contributed by atoms with Crippen LogP contribution in [0.15, 0.2) is 60.8 Å². The summed E-state index contributed by atoms with van der Waals surface area (Å²) >= 11 is 0. The Balaban J connectivity index is 0.000000257. The minimum absolute atomic E-state index is 0.431. The number of hydrogen-bond acceptors (Lipinski definition) is 2. The molecule has 1 heterocycles. The maximum Gasteiger partial charge on any atom is 0.293 e. The quantitative estimate of drug-likeness (QED) is 0.728. The van der Waals surface area contributed by atoms with Gasteiger partial charge in [-0.2, -0.15) is 0 Å². The average Bonchev–Trinajstić information content (AvgIpc) is 2.94. The van der Waals surface area contributed by atoms with Gasteiger partial charge in [0.1, 0.15) is 0 Å². The van der Waals surface area contributed by atoms with Gasteiger partial charge in [0.05, 0.1) is 6.61 Å². The summed E-state index contributed by atoms with van der Waals surface area (Å²) in [6, 6.07) is 18.8. The highest BCUT2D eigenvalue weighted by molar-refractivity contribution is 5.95. The molecule has 0 radical (unpaired) electrons. The highest BCUT2D eigenvalue weighted by Crippen LogP contribution is 2.27. The Morgan fingerprint density at radius 2 is 1.75 bits per heavy atom. The Hall–Kier alpha value is -2.55. The van der Waals surface area contributed by atoms with E-state index in [2.05, 4.69) is 58.4 Å². The van der Waals surface area contributed by atoms with Crippen LogP contribution in [0.1, 0.15) is 6.92 Å². The van der Waals surface area contributed by atoms with Crippen LogP contribution in [-0.2, 0) is 9.53 Å². The lowest BCUT2D eigenvalue weighted by Gasteiger charge is -1.97. The van der Waals surface area contributed by atoms with E-state index < -0.39 is 0 Å². The van der Waals surface area contributed by atoms with Gasteiger partial charge in [0, 0.05) is 22.7 Å². The Labute approximate surface area is 118 Å². The van der Waals surface area contributed by atoms with E-state index in [0.717, 1.165) is 0 Å². The first-order chi connectivity index (χ1) is 9.86. The highest BCUT2D eigenvalue weighted by Gasteiger charge is 2.03. The van der Waals surface area contributed by atoms with Crippen molar-refractivity contribution < 1.29 is 9.53 Å². The van der Waals surface area contributed by atoms with Crippen molar-refractivity contribution in [3.63, 3.8) is 0 Å². The number of hydrogen-bond donors (Lipinski definition) is 1. The third kappa shape index (κ3) is 3.26. The molecular weight excluding hydrogens is 250 g/mol. The van der Waals surface area contributed by atoms with Crippen LogP contribution >= 0.6 is 0 Å². The fourth-order valence-electron chi connectivity index (χ4n) is 2.00. The Kier molecular flexibility index (Phi) is 4.95. The number of para-hydroxylation sites is 1. The number of carbonyl (C=O) groups excluding carboxylic acids is 1. The van der Waals surface area contributed by atoms with Crippen LogP contribution in [0.4, 0.5) is 0 Å². The standard InChI is InChI=1S/C14H11N.C3H6O2/c1-2-6-11(7-3-1)13-10-15-14-9-5-4-8-12(13)14;1-2-5-3-4/h1-10,15H;3H,2H2,1H3. The van der Waals surface area contributed by atoms with E-state index >= 15 is 0 Å². The Morgan fingerprint density at radius 1 is 1.05 bits per heavy atom.